The van der Waals surface area contributed by atoms with Crippen LogP contribution in [0.15, 0.2) is 24.3 Å². The van der Waals surface area contributed by atoms with Gasteiger partial charge in [-0.3, -0.25) is 4.90 Å². The summed E-state index contributed by atoms with van der Waals surface area (Å²) in [6, 6.07) is 8.64. The highest BCUT2D eigenvalue weighted by molar-refractivity contribution is 5.40. The van der Waals surface area contributed by atoms with Gasteiger partial charge in [-0.2, -0.15) is 0 Å². The van der Waals surface area contributed by atoms with E-state index in [1.165, 1.54) is 5.56 Å². The highest BCUT2D eigenvalue weighted by atomic mass is 16.5. The van der Waals surface area contributed by atoms with Crippen LogP contribution in [0.2, 0.25) is 0 Å². The van der Waals surface area contributed by atoms with Crippen LogP contribution in [-0.4, -0.2) is 31.3 Å². The summed E-state index contributed by atoms with van der Waals surface area (Å²) in [7, 11) is 2.12. The average molecular weight is 190 g/mol. The first-order chi connectivity index (χ1) is 6.86. The molecule has 1 fully saturated rings. The Morgan fingerprint density at radius 2 is 2.29 bits per heavy atom. The van der Waals surface area contributed by atoms with Crippen LogP contribution in [0.25, 0.3) is 0 Å². The topological polar surface area (TPSA) is 24.5 Å². The molecule has 0 amide bonds. The standard InChI is InChI=1S/C11H14N2O/c1-13-7-6-12-10-8-4-2-3-5-9(8)14-11(10)13/h2-5,10-12H,6-7H2,1H3. The van der Waals surface area contributed by atoms with Gasteiger partial charge in [0.15, 0.2) is 6.23 Å². The minimum atomic E-state index is 0.182. The first-order valence-electron chi connectivity index (χ1n) is 5.05. The molecule has 0 saturated carbocycles. The van der Waals surface area contributed by atoms with Gasteiger partial charge >= 0.3 is 0 Å². The van der Waals surface area contributed by atoms with Gasteiger partial charge in [0, 0.05) is 18.7 Å². The van der Waals surface area contributed by atoms with Crippen molar-refractivity contribution in [3.8, 4) is 5.75 Å². The number of nitrogens with one attached hydrogen (secondary N) is 1. The highest BCUT2D eigenvalue weighted by Gasteiger charge is 2.38. The van der Waals surface area contributed by atoms with E-state index in [2.05, 4.69) is 29.4 Å². The average Bonchev–Trinajstić information content (AvgIpc) is 2.59. The number of benzene rings is 1. The smallest absolute Gasteiger partial charge is 0.172 e. The van der Waals surface area contributed by atoms with Gasteiger partial charge in [0.05, 0.1) is 6.04 Å². The molecule has 74 valence electrons. The molecule has 2 aliphatic rings. The van der Waals surface area contributed by atoms with E-state index >= 15 is 0 Å². The summed E-state index contributed by atoms with van der Waals surface area (Å²) in [6.45, 7) is 2.09. The normalized spacial score (nSPS) is 30.6. The minimum absolute atomic E-state index is 0.182. The maximum atomic E-state index is 5.89. The van der Waals surface area contributed by atoms with Gasteiger partial charge in [-0.15, -0.1) is 0 Å². The van der Waals surface area contributed by atoms with Crippen molar-refractivity contribution < 1.29 is 4.74 Å². The molecule has 1 saturated heterocycles. The molecule has 3 nitrogen and oxygen atoms in total. The molecule has 0 radical (unpaired) electrons. The molecule has 14 heavy (non-hydrogen) atoms. The van der Waals surface area contributed by atoms with Crippen LogP contribution < -0.4 is 10.1 Å². The zero-order valence-electron chi connectivity index (χ0n) is 8.23. The van der Waals surface area contributed by atoms with Crippen LogP contribution in [0.4, 0.5) is 0 Å². The van der Waals surface area contributed by atoms with Crippen molar-refractivity contribution in [1.82, 2.24) is 10.2 Å². The highest BCUT2D eigenvalue weighted by Crippen LogP contribution is 2.38. The van der Waals surface area contributed by atoms with Crippen LogP contribution in [0.3, 0.4) is 0 Å². The molecule has 2 heterocycles. The predicted octanol–water partition coefficient (Wildman–Crippen LogP) is 0.981. The summed E-state index contributed by atoms with van der Waals surface area (Å²) >= 11 is 0. The third kappa shape index (κ3) is 1.06. The Labute approximate surface area is 83.7 Å². The third-order valence-corrected chi connectivity index (χ3v) is 3.05. The van der Waals surface area contributed by atoms with Gasteiger partial charge < -0.3 is 10.1 Å². The summed E-state index contributed by atoms with van der Waals surface area (Å²) in [5.74, 6) is 1.03. The molecule has 1 N–H and O–H groups in total. The molecule has 1 aromatic rings. The lowest BCUT2D eigenvalue weighted by molar-refractivity contribution is 0.0133. The number of piperazine rings is 1. The predicted molar refractivity (Wildman–Crippen MR) is 54.2 cm³/mol. The number of fused-ring (bicyclic) bond motifs is 3. The van der Waals surface area contributed by atoms with E-state index in [0.29, 0.717) is 6.04 Å². The Balaban J connectivity index is 2.00. The van der Waals surface area contributed by atoms with E-state index in [1.807, 2.05) is 12.1 Å². The number of hydrogen-bond donors (Lipinski definition) is 1. The van der Waals surface area contributed by atoms with Gasteiger partial charge in [-0.1, -0.05) is 18.2 Å². The lowest BCUT2D eigenvalue weighted by atomic mass is 10.1. The van der Waals surface area contributed by atoms with E-state index in [-0.39, 0.29) is 6.23 Å². The van der Waals surface area contributed by atoms with Crippen molar-refractivity contribution in [1.29, 1.82) is 0 Å². The van der Waals surface area contributed by atoms with Crippen LogP contribution in [-0.2, 0) is 0 Å². The summed E-state index contributed by atoms with van der Waals surface area (Å²) in [5.41, 5.74) is 1.30. The Hall–Kier alpha value is -1.06. The van der Waals surface area contributed by atoms with Crippen molar-refractivity contribution in [3.05, 3.63) is 29.8 Å². The number of likely N-dealkylation sites (N-methyl/N-ethyl adjacent to an activating group) is 1. The Bertz CT molecular complexity index is 353. The van der Waals surface area contributed by atoms with E-state index < -0.39 is 0 Å². The maximum Gasteiger partial charge on any atom is 0.172 e. The summed E-state index contributed by atoms with van der Waals surface area (Å²) < 4.78 is 5.89. The van der Waals surface area contributed by atoms with Crippen molar-refractivity contribution in [2.24, 2.45) is 0 Å². The van der Waals surface area contributed by atoms with Crippen molar-refractivity contribution in [2.75, 3.05) is 20.1 Å². The van der Waals surface area contributed by atoms with E-state index in [9.17, 15) is 0 Å². The Morgan fingerprint density at radius 3 is 3.21 bits per heavy atom. The fourth-order valence-corrected chi connectivity index (χ4v) is 2.28. The molecular formula is C11H14N2O. The molecular weight excluding hydrogens is 176 g/mol. The second-order valence-electron chi connectivity index (χ2n) is 3.96. The Kier molecular flexibility index (Phi) is 1.75. The summed E-state index contributed by atoms with van der Waals surface area (Å²) in [4.78, 5) is 2.27. The SMILES string of the molecule is CN1CCNC2c3ccccc3OC21. The van der Waals surface area contributed by atoms with Gasteiger partial charge in [0.25, 0.3) is 0 Å². The first-order valence-corrected chi connectivity index (χ1v) is 5.05. The minimum Gasteiger partial charge on any atom is -0.473 e. The lowest BCUT2D eigenvalue weighted by Crippen LogP contribution is -2.51. The maximum absolute atomic E-state index is 5.89. The molecule has 0 spiro atoms. The van der Waals surface area contributed by atoms with Crippen molar-refractivity contribution >= 4 is 0 Å². The molecule has 1 aromatic carbocycles. The number of para-hydroxylation sites is 1. The fourth-order valence-electron chi connectivity index (χ4n) is 2.28. The van der Waals surface area contributed by atoms with Gasteiger partial charge in [0.2, 0.25) is 0 Å². The zero-order valence-corrected chi connectivity index (χ0v) is 8.23. The first kappa shape index (κ1) is 8.26. The van der Waals surface area contributed by atoms with Crippen LogP contribution in [0.5, 0.6) is 5.75 Å². The van der Waals surface area contributed by atoms with Crippen LogP contribution in [0.1, 0.15) is 11.6 Å². The zero-order chi connectivity index (χ0) is 9.54. The molecule has 2 atom stereocenters. The number of rotatable bonds is 0. The number of hydrogen-bond acceptors (Lipinski definition) is 3. The van der Waals surface area contributed by atoms with Gasteiger partial charge in [0.1, 0.15) is 5.75 Å². The van der Waals surface area contributed by atoms with E-state index in [4.69, 9.17) is 4.74 Å². The second kappa shape index (κ2) is 2.97. The summed E-state index contributed by atoms with van der Waals surface area (Å²) in [5, 5.41) is 3.50. The number of nitrogens with zero attached hydrogens (tertiary/aromatic N) is 1. The quantitative estimate of drug-likeness (QED) is 0.660. The monoisotopic (exact) mass is 190 g/mol. The summed E-state index contributed by atoms with van der Waals surface area (Å²) in [6.07, 6.45) is 0.182. The van der Waals surface area contributed by atoms with Crippen molar-refractivity contribution in [2.45, 2.75) is 12.3 Å². The van der Waals surface area contributed by atoms with Crippen LogP contribution >= 0.6 is 0 Å². The molecule has 2 unspecified atom stereocenters. The van der Waals surface area contributed by atoms with Crippen LogP contribution in [0, 0.1) is 0 Å². The fraction of sp³-hybridized carbons (Fsp3) is 0.455. The third-order valence-electron chi connectivity index (χ3n) is 3.05. The molecule has 2 aliphatic heterocycles. The number of ether oxygens (including phenoxy) is 1. The largest absolute Gasteiger partial charge is 0.473 e. The second-order valence-corrected chi connectivity index (χ2v) is 3.96. The van der Waals surface area contributed by atoms with E-state index in [1.54, 1.807) is 0 Å². The molecule has 0 bridgehead atoms. The lowest BCUT2D eigenvalue weighted by Gasteiger charge is -2.34. The molecule has 0 aliphatic carbocycles. The molecule has 3 rings (SSSR count). The van der Waals surface area contributed by atoms with Gasteiger partial charge in [-0.25, -0.2) is 0 Å². The Morgan fingerprint density at radius 1 is 1.43 bits per heavy atom. The van der Waals surface area contributed by atoms with Gasteiger partial charge in [-0.05, 0) is 13.1 Å². The molecule has 0 aromatic heterocycles. The van der Waals surface area contributed by atoms with Crippen molar-refractivity contribution in [3.63, 3.8) is 0 Å². The van der Waals surface area contributed by atoms with E-state index in [0.717, 1.165) is 18.8 Å². The molecule has 3 heteroatoms.